The average Bonchev–Trinajstić information content (AvgIpc) is 2.66. The van der Waals surface area contributed by atoms with Crippen molar-refractivity contribution in [3.8, 4) is 5.69 Å². The largest absolute Gasteiger partial charge is 0.321 e. The summed E-state index contributed by atoms with van der Waals surface area (Å²) in [4.78, 5) is 4.16. The molecule has 0 bridgehead atoms. The Morgan fingerprint density at radius 1 is 1.25 bits per heavy atom. The second-order valence-electron chi connectivity index (χ2n) is 4.35. The molecule has 0 radical (unpaired) electrons. The minimum atomic E-state index is -0.399. The van der Waals surface area contributed by atoms with Gasteiger partial charge in [0.25, 0.3) is 0 Å². The van der Waals surface area contributed by atoms with Crippen LogP contribution in [0.4, 0.5) is 0 Å². The number of benzene rings is 1. The van der Waals surface area contributed by atoms with Gasteiger partial charge < -0.3 is 10.3 Å². The number of rotatable bonds is 2. The van der Waals surface area contributed by atoms with Crippen molar-refractivity contribution >= 4 is 15.9 Å². The first kappa shape index (κ1) is 11.4. The van der Waals surface area contributed by atoms with Crippen LogP contribution in [-0.2, 0) is 5.54 Å². The standard InChI is InChI=1S/C12H14BrN3/c1-12(2,14)11-7-15-8-16(11)10-5-3-9(13)4-6-10/h3-8H,14H2,1-2H3. The lowest BCUT2D eigenvalue weighted by Gasteiger charge is -2.20. The fourth-order valence-electron chi connectivity index (χ4n) is 1.58. The van der Waals surface area contributed by atoms with Gasteiger partial charge >= 0.3 is 0 Å². The first-order valence-corrected chi connectivity index (χ1v) is 5.85. The Hall–Kier alpha value is -1.13. The molecule has 0 amide bonds. The first-order chi connectivity index (χ1) is 7.48. The van der Waals surface area contributed by atoms with Crippen molar-refractivity contribution in [1.29, 1.82) is 0 Å². The van der Waals surface area contributed by atoms with E-state index in [9.17, 15) is 0 Å². The molecule has 0 fully saturated rings. The molecule has 2 rings (SSSR count). The van der Waals surface area contributed by atoms with E-state index >= 15 is 0 Å². The minimum absolute atomic E-state index is 0.399. The second kappa shape index (κ2) is 4.03. The quantitative estimate of drug-likeness (QED) is 0.919. The van der Waals surface area contributed by atoms with Crippen molar-refractivity contribution in [2.24, 2.45) is 5.73 Å². The molecule has 0 saturated heterocycles. The summed E-state index contributed by atoms with van der Waals surface area (Å²) in [6.07, 6.45) is 3.59. The fourth-order valence-corrected chi connectivity index (χ4v) is 1.84. The molecule has 84 valence electrons. The van der Waals surface area contributed by atoms with Gasteiger partial charge in [0.2, 0.25) is 0 Å². The van der Waals surface area contributed by atoms with Crippen LogP contribution in [0.3, 0.4) is 0 Å². The van der Waals surface area contributed by atoms with Crippen molar-refractivity contribution in [2.45, 2.75) is 19.4 Å². The maximum atomic E-state index is 6.10. The minimum Gasteiger partial charge on any atom is -0.321 e. The highest BCUT2D eigenvalue weighted by Crippen LogP contribution is 2.21. The Morgan fingerprint density at radius 2 is 1.88 bits per heavy atom. The molecule has 1 aromatic carbocycles. The van der Waals surface area contributed by atoms with Crippen molar-refractivity contribution in [3.05, 3.63) is 47.0 Å². The van der Waals surface area contributed by atoms with Crippen LogP contribution in [-0.4, -0.2) is 9.55 Å². The van der Waals surface area contributed by atoms with E-state index in [2.05, 4.69) is 20.9 Å². The van der Waals surface area contributed by atoms with Crippen LogP contribution < -0.4 is 5.73 Å². The topological polar surface area (TPSA) is 43.8 Å². The van der Waals surface area contributed by atoms with E-state index in [1.54, 1.807) is 6.33 Å². The molecule has 16 heavy (non-hydrogen) atoms. The third-order valence-electron chi connectivity index (χ3n) is 2.40. The van der Waals surface area contributed by atoms with Crippen LogP contribution in [0.1, 0.15) is 19.5 Å². The highest BCUT2D eigenvalue weighted by Gasteiger charge is 2.19. The molecule has 0 saturated carbocycles. The van der Waals surface area contributed by atoms with Crippen molar-refractivity contribution in [1.82, 2.24) is 9.55 Å². The summed E-state index contributed by atoms with van der Waals surface area (Å²) in [7, 11) is 0. The molecular weight excluding hydrogens is 266 g/mol. The number of aromatic nitrogens is 2. The third-order valence-corrected chi connectivity index (χ3v) is 2.93. The number of hydrogen-bond acceptors (Lipinski definition) is 2. The second-order valence-corrected chi connectivity index (χ2v) is 5.26. The first-order valence-electron chi connectivity index (χ1n) is 5.06. The summed E-state index contributed by atoms with van der Waals surface area (Å²) >= 11 is 3.42. The maximum absolute atomic E-state index is 6.10. The van der Waals surface area contributed by atoms with Crippen LogP contribution >= 0.6 is 15.9 Å². The Labute approximate surface area is 103 Å². The molecule has 1 heterocycles. The molecule has 0 unspecified atom stereocenters. The molecule has 1 aromatic heterocycles. The zero-order chi connectivity index (χ0) is 11.8. The molecule has 0 spiro atoms. The molecule has 0 atom stereocenters. The van der Waals surface area contributed by atoms with Gasteiger partial charge in [-0.15, -0.1) is 0 Å². The maximum Gasteiger partial charge on any atom is 0.0994 e. The van der Waals surface area contributed by atoms with Crippen molar-refractivity contribution < 1.29 is 0 Å². The Balaban J connectivity index is 2.49. The van der Waals surface area contributed by atoms with Gasteiger partial charge in [-0.05, 0) is 38.1 Å². The Bertz CT molecular complexity index is 480. The summed E-state index contributed by atoms with van der Waals surface area (Å²) < 4.78 is 3.07. The number of hydrogen-bond donors (Lipinski definition) is 1. The third kappa shape index (κ3) is 2.18. The van der Waals surface area contributed by atoms with E-state index in [-0.39, 0.29) is 0 Å². The zero-order valence-electron chi connectivity index (χ0n) is 9.31. The van der Waals surface area contributed by atoms with Gasteiger partial charge in [-0.25, -0.2) is 4.98 Å². The highest BCUT2D eigenvalue weighted by atomic mass is 79.9. The van der Waals surface area contributed by atoms with Crippen molar-refractivity contribution in [2.75, 3.05) is 0 Å². The summed E-state index contributed by atoms with van der Waals surface area (Å²) in [5.41, 5.74) is 7.76. The van der Waals surface area contributed by atoms with Gasteiger partial charge in [0.15, 0.2) is 0 Å². The van der Waals surface area contributed by atoms with Gasteiger partial charge in [-0.1, -0.05) is 15.9 Å². The van der Waals surface area contributed by atoms with Crippen LogP contribution in [0.5, 0.6) is 0 Å². The number of imidazole rings is 1. The predicted molar refractivity (Wildman–Crippen MR) is 68.5 cm³/mol. The lowest BCUT2D eigenvalue weighted by Crippen LogP contribution is -2.31. The smallest absolute Gasteiger partial charge is 0.0994 e. The SMILES string of the molecule is CC(C)(N)c1cncn1-c1ccc(Br)cc1. The molecule has 0 aliphatic rings. The van der Waals surface area contributed by atoms with Crippen molar-refractivity contribution in [3.63, 3.8) is 0 Å². The van der Waals surface area contributed by atoms with Gasteiger partial charge in [0, 0.05) is 10.2 Å². The lowest BCUT2D eigenvalue weighted by molar-refractivity contribution is 0.524. The highest BCUT2D eigenvalue weighted by molar-refractivity contribution is 9.10. The number of halogens is 1. The number of nitrogens with two attached hydrogens (primary N) is 1. The summed E-state index contributed by atoms with van der Waals surface area (Å²) in [5, 5.41) is 0. The van der Waals surface area contributed by atoms with Gasteiger partial charge in [0.05, 0.1) is 23.8 Å². The zero-order valence-corrected chi connectivity index (χ0v) is 10.9. The average molecular weight is 280 g/mol. The summed E-state index contributed by atoms with van der Waals surface area (Å²) in [6, 6.07) is 8.06. The molecule has 0 aliphatic heterocycles. The number of nitrogens with zero attached hydrogens (tertiary/aromatic N) is 2. The van der Waals surface area contributed by atoms with E-state index in [0.717, 1.165) is 15.9 Å². The molecule has 0 aliphatic carbocycles. The van der Waals surface area contributed by atoms with Crippen LogP contribution in [0, 0.1) is 0 Å². The molecular formula is C12H14BrN3. The van der Waals surface area contributed by atoms with E-state index in [0.29, 0.717) is 0 Å². The Morgan fingerprint density at radius 3 is 2.44 bits per heavy atom. The van der Waals surface area contributed by atoms with Gasteiger partial charge in [0.1, 0.15) is 0 Å². The lowest BCUT2D eigenvalue weighted by atomic mass is 10.0. The predicted octanol–water partition coefficient (Wildman–Crippen LogP) is 2.83. The van der Waals surface area contributed by atoms with Crippen LogP contribution in [0.15, 0.2) is 41.3 Å². The van der Waals surface area contributed by atoms with Crippen LogP contribution in [0.25, 0.3) is 5.69 Å². The summed E-state index contributed by atoms with van der Waals surface area (Å²) in [6.45, 7) is 3.94. The molecule has 3 nitrogen and oxygen atoms in total. The molecule has 2 aromatic rings. The Kier molecular flexibility index (Phi) is 2.86. The van der Waals surface area contributed by atoms with E-state index in [4.69, 9.17) is 5.73 Å². The normalized spacial score (nSPS) is 11.8. The van der Waals surface area contributed by atoms with Gasteiger partial charge in [-0.3, -0.25) is 0 Å². The van der Waals surface area contributed by atoms with Crippen LogP contribution in [0.2, 0.25) is 0 Å². The van der Waals surface area contributed by atoms with Gasteiger partial charge in [-0.2, -0.15) is 0 Å². The monoisotopic (exact) mass is 279 g/mol. The fraction of sp³-hybridized carbons (Fsp3) is 0.250. The summed E-state index contributed by atoms with van der Waals surface area (Å²) in [5.74, 6) is 0. The van der Waals surface area contributed by atoms with E-state index < -0.39 is 5.54 Å². The van der Waals surface area contributed by atoms with E-state index in [1.807, 2.05) is 48.9 Å². The molecule has 2 N–H and O–H groups in total. The van der Waals surface area contributed by atoms with E-state index in [1.165, 1.54) is 0 Å². The molecule has 4 heteroatoms.